The fourth-order valence-electron chi connectivity index (χ4n) is 0.841. The molecule has 0 aromatic rings. The average Bonchev–Trinajstić information content (AvgIpc) is 2.41. The first-order valence-electron chi connectivity index (χ1n) is 3.05. The molecular formula is C5H7BrFN3. The van der Waals surface area contributed by atoms with Crippen molar-refractivity contribution in [1.82, 2.24) is 0 Å². The lowest BCUT2D eigenvalue weighted by Crippen LogP contribution is -1.92. The highest BCUT2D eigenvalue weighted by Gasteiger charge is 2.52. The molecule has 0 radical (unpaired) electrons. The predicted octanol–water partition coefficient (Wildman–Crippen LogP) is 2.77. The molecule has 10 heavy (non-hydrogen) atoms. The van der Waals surface area contributed by atoms with Gasteiger partial charge in [-0.25, -0.2) is 4.39 Å². The van der Waals surface area contributed by atoms with Crippen LogP contribution in [0.5, 0.6) is 0 Å². The molecule has 0 bridgehead atoms. The number of azide groups is 1. The fraction of sp³-hybridized carbons (Fsp3) is 1.00. The number of hydrogen-bond acceptors (Lipinski definition) is 1. The molecule has 0 aromatic heterocycles. The first-order valence-corrected chi connectivity index (χ1v) is 3.85. The molecule has 5 heteroatoms. The van der Waals surface area contributed by atoms with E-state index in [-0.39, 0.29) is 5.92 Å². The Hall–Kier alpha value is -0.280. The molecular weight excluding hydrogens is 201 g/mol. The first-order chi connectivity index (χ1) is 4.67. The maximum absolute atomic E-state index is 12.7. The minimum Gasteiger partial charge on any atom is -0.231 e. The van der Waals surface area contributed by atoms with Crippen LogP contribution in [0.25, 0.3) is 10.4 Å². The van der Waals surface area contributed by atoms with Crippen LogP contribution in [-0.2, 0) is 0 Å². The van der Waals surface area contributed by atoms with Crippen molar-refractivity contribution in [2.75, 3.05) is 6.54 Å². The SMILES string of the molecule is [N-]=[N+]=NCCC1CC1(F)Br. The van der Waals surface area contributed by atoms with Gasteiger partial charge in [-0.1, -0.05) is 5.11 Å². The van der Waals surface area contributed by atoms with Crippen LogP contribution >= 0.6 is 15.9 Å². The molecule has 0 N–H and O–H groups in total. The molecule has 1 fully saturated rings. The van der Waals surface area contributed by atoms with Gasteiger partial charge in [-0.2, -0.15) is 0 Å². The van der Waals surface area contributed by atoms with Crippen LogP contribution in [0.1, 0.15) is 12.8 Å². The van der Waals surface area contributed by atoms with E-state index in [0.717, 1.165) is 0 Å². The van der Waals surface area contributed by atoms with Gasteiger partial charge in [-0.3, -0.25) is 0 Å². The minimum absolute atomic E-state index is 0.0537. The highest BCUT2D eigenvalue weighted by Crippen LogP contribution is 2.54. The summed E-state index contributed by atoms with van der Waals surface area (Å²) >= 11 is 2.90. The van der Waals surface area contributed by atoms with Gasteiger partial charge in [0, 0.05) is 17.4 Å². The Bertz CT molecular complexity index is 176. The largest absolute Gasteiger partial charge is 0.231 e. The third kappa shape index (κ3) is 1.85. The molecule has 1 aliphatic carbocycles. The molecule has 0 amide bonds. The Morgan fingerprint density at radius 2 is 2.50 bits per heavy atom. The summed E-state index contributed by atoms with van der Waals surface area (Å²) in [5, 5.41) is 3.31. The smallest absolute Gasteiger partial charge is 0.168 e. The third-order valence-electron chi connectivity index (χ3n) is 1.60. The Balaban J connectivity index is 2.13. The molecule has 0 aliphatic heterocycles. The van der Waals surface area contributed by atoms with Gasteiger partial charge in [0.15, 0.2) is 4.58 Å². The molecule has 0 spiro atoms. The van der Waals surface area contributed by atoms with E-state index in [2.05, 4.69) is 26.0 Å². The Kier molecular flexibility index (Phi) is 2.16. The summed E-state index contributed by atoms with van der Waals surface area (Å²) in [7, 11) is 0. The maximum atomic E-state index is 12.7. The van der Waals surface area contributed by atoms with E-state index in [1.165, 1.54) is 0 Å². The molecule has 56 valence electrons. The zero-order valence-electron chi connectivity index (χ0n) is 5.30. The lowest BCUT2D eigenvalue weighted by Gasteiger charge is -1.92. The second-order valence-electron chi connectivity index (χ2n) is 2.41. The standard InChI is InChI=1S/C5H7BrFN3/c6-5(7)3-4(5)1-2-9-10-8/h4H,1-3H2. The maximum Gasteiger partial charge on any atom is 0.168 e. The number of rotatable bonds is 3. The van der Waals surface area contributed by atoms with Crippen LogP contribution in [-0.4, -0.2) is 11.1 Å². The molecule has 2 unspecified atom stereocenters. The molecule has 0 aromatic carbocycles. The molecule has 1 saturated carbocycles. The van der Waals surface area contributed by atoms with Crippen molar-refractivity contribution in [2.24, 2.45) is 11.0 Å². The van der Waals surface area contributed by atoms with E-state index >= 15 is 0 Å². The monoisotopic (exact) mass is 207 g/mol. The van der Waals surface area contributed by atoms with Gasteiger partial charge in [-0.05, 0) is 34.3 Å². The summed E-state index contributed by atoms with van der Waals surface area (Å²) in [5.41, 5.74) is 7.88. The Morgan fingerprint density at radius 1 is 1.90 bits per heavy atom. The van der Waals surface area contributed by atoms with Crippen molar-refractivity contribution in [2.45, 2.75) is 17.4 Å². The van der Waals surface area contributed by atoms with Crippen LogP contribution in [0, 0.1) is 5.92 Å². The number of alkyl halides is 2. The van der Waals surface area contributed by atoms with Gasteiger partial charge in [-0.15, -0.1) is 0 Å². The summed E-state index contributed by atoms with van der Waals surface area (Å²) in [6, 6.07) is 0. The van der Waals surface area contributed by atoms with E-state index in [1.54, 1.807) is 0 Å². The van der Waals surface area contributed by atoms with Crippen LogP contribution in [0.15, 0.2) is 5.11 Å². The van der Waals surface area contributed by atoms with Gasteiger partial charge >= 0.3 is 0 Å². The lowest BCUT2D eigenvalue weighted by atomic mass is 10.3. The van der Waals surface area contributed by atoms with E-state index in [9.17, 15) is 4.39 Å². The van der Waals surface area contributed by atoms with Gasteiger partial charge in [0.1, 0.15) is 0 Å². The van der Waals surface area contributed by atoms with E-state index in [4.69, 9.17) is 5.53 Å². The highest BCUT2D eigenvalue weighted by atomic mass is 79.9. The molecule has 1 rings (SSSR count). The second-order valence-corrected chi connectivity index (χ2v) is 3.72. The molecule has 2 atom stereocenters. The first kappa shape index (κ1) is 7.82. The van der Waals surface area contributed by atoms with E-state index in [1.807, 2.05) is 0 Å². The van der Waals surface area contributed by atoms with Crippen LogP contribution in [0.4, 0.5) is 4.39 Å². The number of nitrogens with zero attached hydrogens (tertiary/aromatic N) is 3. The van der Waals surface area contributed by atoms with Gasteiger partial charge in [0.05, 0.1) is 0 Å². The van der Waals surface area contributed by atoms with Crippen molar-refractivity contribution >= 4 is 15.9 Å². The van der Waals surface area contributed by atoms with E-state index < -0.39 is 4.58 Å². The summed E-state index contributed by atoms with van der Waals surface area (Å²) in [5.74, 6) is 0.0537. The minimum atomic E-state index is -1.15. The number of halogens is 2. The van der Waals surface area contributed by atoms with Crippen LogP contribution in [0.3, 0.4) is 0 Å². The fourth-order valence-corrected chi connectivity index (χ4v) is 1.46. The summed E-state index contributed by atoms with van der Waals surface area (Å²) in [6.45, 7) is 0.401. The highest BCUT2D eigenvalue weighted by molar-refractivity contribution is 9.10. The predicted molar refractivity (Wildman–Crippen MR) is 39.5 cm³/mol. The zero-order valence-corrected chi connectivity index (χ0v) is 6.88. The molecule has 1 aliphatic rings. The van der Waals surface area contributed by atoms with Crippen LogP contribution in [0.2, 0.25) is 0 Å². The Morgan fingerprint density at radius 3 is 2.90 bits per heavy atom. The average molecular weight is 208 g/mol. The molecule has 0 saturated heterocycles. The van der Waals surface area contributed by atoms with Crippen molar-refractivity contribution in [3.05, 3.63) is 10.4 Å². The van der Waals surface area contributed by atoms with Gasteiger partial charge in [0.25, 0.3) is 0 Å². The van der Waals surface area contributed by atoms with Gasteiger partial charge < -0.3 is 0 Å². The van der Waals surface area contributed by atoms with Crippen molar-refractivity contribution in [1.29, 1.82) is 0 Å². The van der Waals surface area contributed by atoms with Crippen molar-refractivity contribution in [3.8, 4) is 0 Å². The van der Waals surface area contributed by atoms with E-state index in [0.29, 0.717) is 19.4 Å². The molecule has 3 nitrogen and oxygen atoms in total. The van der Waals surface area contributed by atoms with Gasteiger partial charge in [0.2, 0.25) is 0 Å². The molecule has 0 heterocycles. The normalized spacial score (nSPS) is 36.8. The van der Waals surface area contributed by atoms with Crippen LogP contribution < -0.4 is 0 Å². The lowest BCUT2D eigenvalue weighted by molar-refractivity contribution is 0.407. The summed E-state index contributed by atoms with van der Waals surface area (Å²) in [4.78, 5) is 2.57. The van der Waals surface area contributed by atoms with Crippen molar-refractivity contribution in [3.63, 3.8) is 0 Å². The topological polar surface area (TPSA) is 48.8 Å². The quantitative estimate of drug-likeness (QED) is 0.296. The Labute approximate surface area is 66.4 Å². The second kappa shape index (κ2) is 2.76. The number of hydrogen-bond donors (Lipinski definition) is 0. The third-order valence-corrected chi connectivity index (χ3v) is 2.57. The summed E-state index contributed by atoms with van der Waals surface area (Å²) < 4.78 is 11.5. The zero-order chi connectivity index (χ0) is 7.61. The summed E-state index contributed by atoms with van der Waals surface area (Å²) in [6.07, 6.45) is 1.19. The van der Waals surface area contributed by atoms with Crippen molar-refractivity contribution < 1.29 is 4.39 Å².